The zero-order chi connectivity index (χ0) is 11.1. The van der Waals surface area contributed by atoms with E-state index < -0.39 is 0 Å². The number of hydrogen-bond acceptors (Lipinski definition) is 2. The first-order chi connectivity index (χ1) is 6.95. The normalized spacial score (nSPS) is 35.3. The molecule has 15 heavy (non-hydrogen) atoms. The first-order valence-corrected chi connectivity index (χ1v) is 5.98. The molecule has 0 aromatic carbocycles. The summed E-state index contributed by atoms with van der Waals surface area (Å²) in [5, 5.41) is 3.18. The fourth-order valence-corrected chi connectivity index (χ4v) is 2.57. The third-order valence-corrected chi connectivity index (χ3v) is 3.48. The van der Waals surface area contributed by atoms with Crippen LogP contribution >= 0.6 is 0 Å². The SMILES string of the molecule is CC(C)(C)C(=O)N[C@@H]1CC2CCN(C2)C1. The van der Waals surface area contributed by atoms with Crippen LogP contribution in [0.15, 0.2) is 0 Å². The molecule has 0 spiro atoms. The van der Waals surface area contributed by atoms with Crippen LogP contribution in [-0.2, 0) is 4.79 Å². The third-order valence-electron chi connectivity index (χ3n) is 3.48. The second-order valence-electron chi connectivity index (χ2n) is 6.07. The largest absolute Gasteiger partial charge is 0.352 e. The molecule has 2 saturated heterocycles. The summed E-state index contributed by atoms with van der Waals surface area (Å²) in [6.45, 7) is 9.45. The summed E-state index contributed by atoms with van der Waals surface area (Å²) in [6.07, 6.45) is 2.50. The van der Waals surface area contributed by atoms with Crippen molar-refractivity contribution in [1.82, 2.24) is 10.2 Å². The van der Waals surface area contributed by atoms with E-state index in [0.717, 1.165) is 12.5 Å². The smallest absolute Gasteiger partial charge is 0.225 e. The molecule has 1 N–H and O–H groups in total. The van der Waals surface area contributed by atoms with Gasteiger partial charge in [-0.25, -0.2) is 0 Å². The lowest BCUT2D eigenvalue weighted by Gasteiger charge is -2.32. The first-order valence-electron chi connectivity index (χ1n) is 5.98. The predicted molar refractivity (Wildman–Crippen MR) is 60.5 cm³/mol. The van der Waals surface area contributed by atoms with Gasteiger partial charge in [0.2, 0.25) is 5.91 Å². The molecule has 0 saturated carbocycles. The van der Waals surface area contributed by atoms with Crippen LogP contribution in [0.2, 0.25) is 0 Å². The number of fused-ring (bicyclic) bond motifs is 2. The van der Waals surface area contributed by atoms with Crippen molar-refractivity contribution >= 4 is 5.91 Å². The lowest BCUT2D eigenvalue weighted by atomic mass is 9.92. The monoisotopic (exact) mass is 210 g/mol. The third kappa shape index (κ3) is 2.51. The number of carbonyl (C=O) groups excluding carboxylic acids is 1. The van der Waals surface area contributed by atoms with Crippen LogP contribution < -0.4 is 5.32 Å². The van der Waals surface area contributed by atoms with Gasteiger partial charge >= 0.3 is 0 Å². The van der Waals surface area contributed by atoms with Crippen LogP contribution in [0.5, 0.6) is 0 Å². The molecule has 2 bridgehead atoms. The van der Waals surface area contributed by atoms with Crippen molar-refractivity contribution in [2.45, 2.75) is 39.7 Å². The molecule has 0 radical (unpaired) electrons. The fraction of sp³-hybridized carbons (Fsp3) is 0.917. The van der Waals surface area contributed by atoms with E-state index >= 15 is 0 Å². The second-order valence-corrected chi connectivity index (χ2v) is 6.07. The molecule has 2 aliphatic rings. The van der Waals surface area contributed by atoms with E-state index in [1.54, 1.807) is 0 Å². The van der Waals surface area contributed by atoms with Crippen molar-refractivity contribution in [3.63, 3.8) is 0 Å². The molecule has 0 aromatic heterocycles. The van der Waals surface area contributed by atoms with Crippen molar-refractivity contribution in [2.75, 3.05) is 19.6 Å². The molecule has 2 rings (SSSR count). The summed E-state index contributed by atoms with van der Waals surface area (Å²) in [4.78, 5) is 14.3. The van der Waals surface area contributed by atoms with Gasteiger partial charge in [0.25, 0.3) is 0 Å². The Labute approximate surface area is 92.2 Å². The Morgan fingerprint density at radius 3 is 2.67 bits per heavy atom. The molecule has 3 nitrogen and oxygen atoms in total. The molecule has 2 fully saturated rings. The maximum absolute atomic E-state index is 11.8. The van der Waals surface area contributed by atoms with Crippen LogP contribution in [-0.4, -0.2) is 36.5 Å². The van der Waals surface area contributed by atoms with Gasteiger partial charge in [-0.2, -0.15) is 0 Å². The van der Waals surface area contributed by atoms with Crippen LogP contribution in [0.4, 0.5) is 0 Å². The number of piperidine rings is 1. The second kappa shape index (κ2) is 3.78. The number of hydrogen-bond donors (Lipinski definition) is 1. The minimum atomic E-state index is -0.258. The first kappa shape index (κ1) is 10.9. The molecule has 2 unspecified atom stereocenters. The zero-order valence-corrected chi connectivity index (χ0v) is 10.0. The van der Waals surface area contributed by atoms with Gasteiger partial charge < -0.3 is 10.2 Å². The number of carbonyl (C=O) groups is 1. The highest BCUT2D eigenvalue weighted by molar-refractivity contribution is 5.81. The van der Waals surface area contributed by atoms with E-state index in [-0.39, 0.29) is 11.3 Å². The van der Waals surface area contributed by atoms with Crippen LogP contribution in [0, 0.1) is 11.3 Å². The van der Waals surface area contributed by atoms with Crippen molar-refractivity contribution in [1.29, 1.82) is 0 Å². The Balaban J connectivity index is 1.88. The van der Waals surface area contributed by atoms with Gasteiger partial charge in [-0.3, -0.25) is 4.79 Å². The van der Waals surface area contributed by atoms with Crippen molar-refractivity contribution in [2.24, 2.45) is 11.3 Å². The van der Waals surface area contributed by atoms with E-state index in [2.05, 4.69) is 10.2 Å². The Hall–Kier alpha value is -0.570. The quantitative estimate of drug-likeness (QED) is 0.706. The Bertz CT molecular complexity index is 245. The van der Waals surface area contributed by atoms with E-state index in [4.69, 9.17) is 0 Å². The molecular weight excluding hydrogens is 188 g/mol. The van der Waals surface area contributed by atoms with Gasteiger partial charge in [-0.15, -0.1) is 0 Å². The summed E-state index contributed by atoms with van der Waals surface area (Å²) in [7, 11) is 0. The highest BCUT2D eigenvalue weighted by atomic mass is 16.2. The van der Waals surface area contributed by atoms with Gasteiger partial charge in [0.15, 0.2) is 0 Å². The molecule has 0 aliphatic carbocycles. The Morgan fingerprint density at radius 1 is 1.33 bits per heavy atom. The van der Waals surface area contributed by atoms with Gasteiger partial charge in [0.05, 0.1) is 0 Å². The zero-order valence-electron chi connectivity index (χ0n) is 10.0. The van der Waals surface area contributed by atoms with Crippen LogP contribution in [0.1, 0.15) is 33.6 Å². The number of rotatable bonds is 1. The molecule has 0 aromatic rings. The molecule has 3 heteroatoms. The Morgan fingerprint density at radius 2 is 2.07 bits per heavy atom. The lowest BCUT2D eigenvalue weighted by molar-refractivity contribution is -0.129. The van der Waals surface area contributed by atoms with Crippen molar-refractivity contribution in [3.05, 3.63) is 0 Å². The maximum Gasteiger partial charge on any atom is 0.225 e. The van der Waals surface area contributed by atoms with Crippen molar-refractivity contribution in [3.8, 4) is 0 Å². The Kier molecular flexibility index (Phi) is 2.75. The topological polar surface area (TPSA) is 32.3 Å². The van der Waals surface area contributed by atoms with Gasteiger partial charge in [-0.1, -0.05) is 20.8 Å². The summed E-state index contributed by atoms with van der Waals surface area (Å²) in [5.74, 6) is 1.01. The number of nitrogens with zero attached hydrogens (tertiary/aromatic N) is 1. The highest BCUT2D eigenvalue weighted by Gasteiger charge is 2.34. The molecule has 2 aliphatic heterocycles. The molecule has 1 amide bonds. The highest BCUT2D eigenvalue weighted by Crippen LogP contribution is 2.27. The van der Waals surface area contributed by atoms with Gasteiger partial charge in [-0.05, 0) is 25.3 Å². The van der Waals surface area contributed by atoms with E-state index in [0.29, 0.717) is 6.04 Å². The lowest BCUT2D eigenvalue weighted by Crippen LogP contribution is -2.49. The summed E-state index contributed by atoms with van der Waals surface area (Å²) < 4.78 is 0. The maximum atomic E-state index is 11.8. The molecule has 86 valence electrons. The summed E-state index contributed by atoms with van der Waals surface area (Å²) >= 11 is 0. The number of nitrogens with one attached hydrogen (secondary N) is 1. The average Bonchev–Trinajstić information content (AvgIpc) is 2.44. The molecular formula is C12H22N2O. The fourth-order valence-electron chi connectivity index (χ4n) is 2.57. The van der Waals surface area contributed by atoms with Gasteiger partial charge in [0, 0.05) is 24.5 Å². The van der Waals surface area contributed by atoms with Crippen LogP contribution in [0.25, 0.3) is 0 Å². The van der Waals surface area contributed by atoms with E-state index in [9.17, 15) is 4.79 Å². The predicted octanol–water partition coefficient (Wildman–Crippen LogP) is 1.24. The standard InChI is InChI=1S/C12H22N2O/c1-12(2,3)11(15)13-10-6-9-4-5-14(7-9)8-10/h9-10H,4-8H2,1-3H3,(H,13,15)/t9?,10-/m1/s1. The van der Waals surface area contributed by atoms with Crippen LogP contribution in [0.3, 0.4) is 0 Å². The summed E-state index contributed by atoms with van der Waals surface area (Å²) in [6, 6.07) is 0.387. The van der Waals surface area contributed by atoms with E-state index in [1.807, 2.05) is 20.8 Å². The average molecular weight is 210 g/mol. The van der Waals surface area contributed by atoms with E-state index in [1.165, 1.54) is 25.9 Å². The van der Waals surface area contributed by atoms with Gasteiger partial charge in [0.1, 0.15) is 0 Å². The molecule has 3 atom stereocenters. The number of amides is 1. The minimum Gasteiger partial charge on any atom is -0.352 e. The molecule has 2 heterocycles. The minimum absolute atomic E-state index is 0.190. The van der Waals surface area contributed by atoms with Crippen molar-refractivity contribution < 1.29 is 4.79 Å². The summed E-state index contributed by atoms with van der Waals surface area (Å²) in [5.41, 5.74) is -0.258.